The third-order valence-electron chi connectivity index (χ3n) is 2.99. The number of hydrogen-bond acceptors (Lipinski definition) is 6. The van der Waals surface area contributed by atoms with E-state index >= 15 is 0 Å². The Morgan fingerprint density at radius 1 is 1.18 bits per heavy atom. The minimum atomic E-state index is -0.276. The summed E-state index contributed by atoms with van der Waals surface area (Å²) < 4.78 is 15.7. The Morgan fingerprint density at radius 3 is 2.32 bits per heavy atom. The Bertz CT molecular complexity index is 630. The van der Waals surface area contributed by atoms with Crippen LogP contribution in [0.2, 0.25) is 0 Å². The summed E-state index contributed by atoms with van der Waals surface area (Å²) in [5.41, 5.74) is 0.430. The van der Waals surface area contributed by atoms with E-state index in [1.54, 1.807) is 18.2 Å². The van der Waals surface area contributed by atoms with Gasteiger partial charge in [0.2, 0.25) is 11.8 Å². The Morgan fingerprint density at radius 2 is 1.82 bits per heavy atom. The van der Waals surface area contributed by atoms with E-state index in [1.807, 2.05) is 13.8 Å². The second-order valence-electron chi connectivity index (χ2n) is 4.97. The molecule has 1 N–H and O–H groups in total. The number of methoxy groups -OCH3 is 2. The van der Waals surface area contributed by atoms with Crippen molar-refractivity contribution in [2.24, 2.45) is 0 Å². The van der Waals surface area contributed by atoms with Crippen LogP contribution in [0.15, 0.2) is 22.6 Å². The molecule has 0 spiro atoms. The molecule has 0 fully saturated rings. The van der Waals surface area contributed by atoms with Crippen LogP contribution in [0.3, 0.4) is 0 Å². The predicted molar refractivity (Wildman–Crippen MR) is 79.1 cm³/mol. The molecule has 22 heavy (non-hydrogen) atoms. The van der Waals surface area contributed by atoms with E-state index in [-0.39, 0.29) is 18.4 Å². The van der Waals surface area contributed by atoms with Gasteiger partial charge in [-0.15, -0.1) is 10.2 Å². The van der Waals surface area contributed by atoms with Crippen molar-refractivity contribution in [1.82, 2.24) is 15.5 Å². The number of amides is 1. The fourth-order valence-electron chi connectivity index (χ4n) is 1.77. The minimum Gasteiger partial charge on any atom is -0.497 e. The molecular weight excluding hydrogens is 286 g/mol. The van der Waals surface area contributed by atoms with Gasteiger partial charge < -0.3 is 19.2 Å². The summed E-state index contributed by atoms with van der Waals surface area (Å²) in [5.74, 6) is 1.88. The van der Waals surface area contributed by atoms with E-state index in [1.165, 1.54) is 14.2 Å². The van der Waals surface area contributed by atoms with Gasteiger partial charge >= 0.3 is 0 Å². The average Bonchev–Trinajstić information content (AvgIpc) is 3.01. The van der Waals surface area contributed by atoms with Crippen LogP contribution in [-0.4, -0.2) is 30.3 Å². The van der Waals surface area contributed by atoms with Gasteiger partial charge in [0.05, 0.1) is 20.8 Å². The third kappa shape index (κ3) is 3.75. The average molecular weight is 305 g/mol. The lowest BCUT2D eigenvalue weighted by atomic mass is 10.2. The van der Waals surface area contributed by atoms with Gasteiger partial charge in [-0.05, 0) is 12.1 Å². The van der Waals surface area contributed by atoms with Crippen molar-refractivity contribution in [3.8, 4) is 11.5 Å². The van der Waals surface area contributed by atoms with Gasteiger partial charge in [-0.1, -0.05) is 13.8 Å². The zero-order chi connectivity index (χ0) is 16.1. The predicted octanol–water partition coefficient (Wildman–Crippen LogP) is 2.14. The topological polar surface area (TPSA) is 86.5 Å². The molecule has 0 saturated carbocycles. The van der Waals surface area contributed by atoms with Gasteiger partial charge in [0.25, 0.3) is 5.91 Å². The van der Waals surface area contributed by atoms with Gasteiger partial charge in [-0.3, -0.25) is 4.79 Å². The molecule has 2 rings (SSSR count). The van der Waals surface area contributed by atoms with E-state index < -0.39 is 0 Å². The fourth-order valence-corrected chi connectivity index (χ4v) is 1.77. The van der Waals surface area contributed by atoms with E-state index in [9.17, 15) is 4.79 Å². The van der Waals surface area contributed by atoms with Crippen LogP contribution in [0, 0.1) is 0 Å². The highest BCUT2D eigenvalue weighted by molar-refractivity contribution is 5.95. The summed E-state index contributed by atoms with van der Waals surface area (Å²) in [7, 11) is 3.06. The maximum atomic E-state index is 12.2. The highest BCUT2D eigenvalue weighted by Crippen LogP contribution is 2.22. The monoisotopic (exact) mass is 305 g/mol. The van der Waals surface area contributed by atoms with Crippen molar-refractivity contribution in [2.75, 3.05) is 14.2 Å². The van der Waals surface area contributed by atoms with Crippen LogP contribution in [0.25, 0.3) is 0 Å². The molecule has 1 heterocycles. The van der Waals surface area contributed by atoms with Crippen molar-refractivity contribution < 1.29 is 18.7 Å². The molecule has 0 saturated heterocycles. The van der Waals surface area contributed by atoms with Crippen LogP contribution in [0.5, 0.6) is 11.5 Å². The number of ether oxygens (including phenoxy) is 2. The second kappa shape index (κ2) is 6.93. The number of benzene rings is 1. The van der Waals surface area contributed by atoms with E-state index in [4.69, 9.17) is 13.9 Å². The number of carbonyl (C=O) groups is 1. The first-order chi connectivity index (χ1) is 10.5. The molecule has 0 aliphatic rings. The van der Waals surface area contributed by atoms with E-state index in [0.29, 0.717) is 28.8 Å². The second-order valence-corrected chi connectivity index (χ2v) is 4.97. The summed E-state index contributed by atoms with van der Waals surface area (Å²) in [6, 6.07) is 4.96. The zero-order valence-electron chi connectivity index (χ0n) is 13.0. The molecule has 0 unspecified atom stereocenters. The van der Waals surface area contributed by atoms with Crippen molar-refractivity contribution in [2.45, 2.75) is 26.3 Å². The van der Waals surface area contributed by atoms with Crippen LogP contribution >= 0.6 is 0 Å². The summed E-state index contributed by atoms with van der Waals surface area (Å²) in [6.07, 6.45) is 0. The zero-order valence-corrected chi connectivity index (χ0v) is 13.0. The Labute approximate surface area is 128 Å². The largest absolute Gasteiger partial charge is 0.497 e. The summed E-state index contributed by atoms with van der Waals surface area (Å²) in [5, 5.41) is 10.5. The first-order valence-corrected chi connectivity index (χ1v) is 6.87. The molecule has 1 amide bonds. The van der Waals surface area contributed by atoms with Crippen LogP contribution in [-0.2, 0) is 6.54 Å². The van der Waals surface area contributed by atoms with Crippen molar-refractivity contribution >= 4 is 5.91 Å². The lowest BCUT2D eigenvalue weighted by Gasteiger charge is -2.08. The molecule has 1 aromatic carbocycles. The van der Waals surface area contributed by atoms with E-state index in [2.05, 4.69) is 15.5 Å². The first kappa shape index (κ1) is 15.8. The number of aromatic nitrogens is 2. The first-order valence-electron chi connectivity index (χ1n) is 6.87. The molecule has 1 aromatic heterocycles. The van der Waals surface area contributed by atoms with Gasteiger partial charge in [-0.2, -0.15) is 0 Å². The molecule has 0 bridgehead atoms. The van der Waals surface area contributed by atoms with Gasteiger partial charge in [0.1, 0.15) is 11.5 Å². The van der Waals surface area contributed by atoms with Crippen molar-refractivity contribution in [3.63, 3.8) is 0 Å². The maximum absolute atomic E-state index is 12.2. The Balaban J connectivity index is 2.05. The molecular formula is C15H19N3O4. The Kier molecular flexibility index (Phi) is 4.98. The van der Waals surface area contributed by atoms with Crippen molar-refractivity contribution in [3.05, 3.63) is 35.5 Å². The molecule has 7 heteroatoms. The van der Waals surface area contributed by atoms with Crippen LogP contribution in [0.1, 0.15) is 41.9 Å². The van der Waals surface area contributed by atoms with Gasteiger partial charge in [-0.25, -0.2) is 0 Å². The smallest absolute Gasteiger partial charge is 0.251 e. The van der Waals surface area contributed by atoms with Crippen LogP contribution in [0.4, 0.5) is 0 Å². The third-order valence-corrected chi connectivity index (χ3v) is 2.99. The standard InChI is InChI=1S/C15H19N3O4/c1-9(2)15-18-17-13(22-15)8-16-14(19)10-5-11(20-3)7-12(6-10)21-4/h5-7,9H,8H2,1-4H3,(H,16,19). The van der Waals surface area contributed by atoms with Crippen molar-refractivity contribution in [1.29, 1.82) is 0 Å². The molecule has 7 nitrogen and oxygen atoms in total. The minimum absolute atomic E-state index is 0.152. The number of rotatable bonds is 6. The summed E-state index contributed by atoms with van der Waals surface area (Å²) in [4.78, 5) is 12.2. The quantitative estimate of drug-likeness (QED) is 0.880. The summed E-state index contributed by atoms with van der Waals surface area (Å²) in [6.45, 7) is 4.08. The molecule has 0 atom stereocenters. The lowest BCUT2D eigenvalue weighted by molar-refractivity contribution is 0.0946. The van der Waals surface area contributed by atoms with Gasteiger partial charge in [0, 0.05) is 17.5 Å². The molecule has 0 aliphatic carbocycles. The van der Waals surface area contributed by atoms with Crippen LogP contribution < -0.4 is 14.8 Å². The summed E-state index contributed by atoms with van der Waals surface area (Å²) >= 11 is 0. The molecule has 118 valence electrons. The fraction of sp³-hybridized carbons (Fsp3) is 0.400. The Hall–Kier alpha value is -2.57. The highest BCUT2D eigenvalue weighted by atomic mass is 16.5. The maximum Gasteiger partial charge on any atom is 0.251 e. The molecule has 0 aliphatic heterocycles. The highest BCUT2D eigenvalue weighted by Gasteiger charge is 2.13. The lowest BCUT2D eigenvalue weighted by Crippen LogP contribution is -2.23. The number of carbonyl (C=O) groups excluding carboxylic acids is 1. The number of nitrogens with one attached hydrogen (secondary N) is 1. The number of nitrogens with zero attached hydrogens (tertiary/aromatic N) is 2. The molecule has 0 radical (unpaired) electrons. The SMILES string of the molecule is COc1cc(OC)cc(C(=O)NCc2nnc(C(C)C)o2)c1. The van der Waals surface area contributed by atoms with Gasteiger partial charge in [0.15, 0.2) is 0 Å². The molecule has 2 aromatic rings. The van der Waals surface area contributed by atoms with E-state index in [0.717, 1.165) is 0 Å². The normalized spacial score (nSPS) is 10.6. The number of hydrogen-bond donors (Lipinski definition) is 1.